The number of hydrogen-bond acceptors (Lipinski definition) is 4. The van der Waals surface area contributed by atoms with E-state index in [0.29, 0.717) is 17.6 Å². The maximum absolute atomic E-state index is 12.3. The molecule has 0 aliphatic heterocycles. The minimum atomic E-state index is -1.39. The fraction of sp³-hybridized carbons (Fsp3) is 0.294. The van der Waals surface area contributed by atoms with E-state index in [0.717, 1.165) is 12.8 Å². The molecule has 4 heteroatoms. The molecule has 0 amide bonds. The summed E-state index contributed by atoms with van der Waals surface area (Å²) in [5.74, 6) is -1.12. The fourth-order valence-corrected chi connectivity index (χ4v) is 2.49. The van der Waals surface area contributed by atoms with E-state index in [1.165, 1.54) is 7.11 Å². The summed E-state index contributed by atoms with van der Waals surface area (Å²) in [5, 5.41) is 0. The van der Waals surface area contributed by atoms with Crippen LogP contribution in [-0.2, 0) is 14.3 Å². The van der Waals surface area contributed by atoms with Gasteiger partial charge in [0.05, 0.1) is 12.7 Å². The second kappa shape index (κ2) is 6.39. The molecule has 4 nitrogen and oxygen atoms in total. The summed E-state index contributed by atoms with van der Waals surface area (Å²) in [6.07, 6.45) is 5.38. The van der Waals surface area contributed by atoms with Gasteiger partial charge >= 0.3 is 11.9 Å². The Morgan fingerprint density at radius 2 is 2.00 bits per heavy atom. The largest absolute Gasteiger partial charge is 0.466 e. The van der Waals surface area contributed by atoms with Crippen LogP contribution >= 0.6 is 0 Å². The number of carbonyl (C=O) groups excluding carboxylic acids is 2. The van der Waals surface area contributed by atoms with Crippen LogP contribution < -0.4 is 0 Å². The van der Waals surface area contributed by atoms with Gasteiger partial charge < -0.3 is 9.47 Å². The van der Waals surface area contributed by atoms with Gasteiger partial charge in [-0.15, -0.1) is 0 Å². The Labute approximate surface area is 124 Å². The van der Waals surface area contributed by atoms with Gasteiger partial charge in [-0.3, -0.25) is 0 Å². The molecular formula is C17H18O4. The molecule has 0 fully saturated rings. The highest BCUT2D eigenvalue weighted by Crippen LogP contribution is 2.35. The molecule has 1 aliphatic rings. The first-order valence-electron chi connectivity index (χ1n) is 6.84. The maximum Gasteiger partial charge on any atom is 0.355 e. The number of carbonyl (C=O) groups is 2. The second-order valence-electron chi connectivity index (χ2n) is 4.83. The molecule has 0 heterocycles. The van der Waals surface area contributed by atoms with Crippen molar-refractivity contribution < 1.29 is 19.1 Å². The van der Waals surface area contributed by atoms with Crippen molar-refractivity contribution in [1.82, 2.24) is 0 Å². The van der Waals surface area contributed by atoms with Gasteiger partial charge in [0.15, 0.2) is 0 Å². The van der Waals surface area contributed by atoms with Crippen LogP contribution in [0.4, 0.5) is 0 Å². The molecule has 1 aromatic carbocycles. The van der Waals surface area contributed by atoms with Gasteiger partial charge in [-0.1, -0.05) is 36.9 Å². The van der Waals surface area contributed by atoms with Gasteiger partial charge in [0, 0.05) is 12.0 Å². The third-order valence-electron chi connectivity index (χ3n) is 3.57. The van der Waals surface area contributed by atoms with Crippen molar-refractivity contribution in [2.45, 2.75) is 24.9 Å². The monoisotopic (exact) mass is 286 g/mol. The highest BCUT2D eigenvalue weighted by Gasteiger charge is 2.47. The quantitative estimate of drug-likeness (QED) is 0.798. The molecule has 1 aliphatic carbocycles. The first kappa shape index (κ1) is 15.0. The molecule has 21 heavy (non-hydrogen) atoms. The molecule has 0 saturated carbocycles. The lowest BCUT2D eigenvalue weighted by atomic mass is 9.82. The van der Waals surface area contributed by atoms with Crippen LogP contribution in [0.25, 0.3) is 0 Å². The number of ether oxygens (including phenoxy) is 2. The van der Waals surface area contributed by atoms with E-state index in [4.69, 9.17) is 9.47 Å². The second-order valence-corrected chi connectivity index (χ2v) is 4.83. The first-order valence-corrected chi connectivity index (χ1v) is 6.84. The van der Waals surface area contributed by atoms with Gasteiger partial charge in [0.2, 0.25) is 5.60 Å². The summed E-state index contributed by atoms with van der Waals surface area (Å²) in [7, 11) is 1.29. The first-order chi connectivity index (χ1) is 10.1. The van der Waals surface area contributed by atoms with Gasteiger partial charge in [0.1, 0.15) is 0 Å². The Hall–Kier alpha value is -2.36. The summed E-state index contributed by atoms with van der Waals surface area (Å²) in [6, 6.07) is 8.59. The molecule has 1 aromatic rings. The number of rotatable bonds is 4. The van der Waals surface area contributed by atoms with E-state index in [9.17, 15) is 9.59 Å². The van der Waals surface area contributed by atoms with E-state index in [-0.39, 0.29) is 0 Å². The molecule has 0 radical (unpaired) electrons. The van der Waals surface area contributed by atoms with Crippen LogP contribution in [0, 0.1) is 0 Å². The zero-order valence-corrected chi connectivity index (χ0v) is 12.0. The molecule has 2 rings (SSSR count). The van der Waals surface area contributed by atoms with Crippen LogP contribution in [-0.4, -0.2) is 24.6 Å². The predicted molar refractivity (Wildman–Crippen MR) is 78.7 cm³/mol. The van der Waals surface area contributed by atoms with Crippen molar-refractivity contribution in [3.8, 4) is 0 Å². The minimum absolute atomic E-state index is 0.398. The van der Waals surface area contributed by atoms with Crippen molar-refractivity contribution >= 4 is 11.9 Å². The van der Waals surface area contributed by atoms with E-state index in [1.54, 1.807) is 30.3 Å². The number of esters is 2. The van der Waals surface area contributed by atoms with E-state index >= 15 is 0 Å². The molecule has 110 valence electrons. The van der Waals surface area contributed by atoms with Gasteiger partial charge in [-0.2, -0.15) is 0 Å². The normalized spacial score (nSPS) is 21.1. The van der Waals surface area contributed by atoms with Crippen molar-refractivity contribution in [2.75, 3.05) is 7.11 Å². The standard InChI is InChI=1S/C17H18O4/c1-3-14-11-7-8-12-17(14,16(19)20-2)21-15(18)13-9-5-4-6-10-13/h3-6,9-11H,1,7-8,12H2,2H3. The number of methoxy groups -OCH3 is 1. The lowest BCUT2D eigenvalue weighted by molar-refractivity contribution is -0.159. The average molecular weight is 286 g/mol. The average Bonchev–Trinajstić information content (AvgIpc) is 2.55. The summed E-state index contributed by atoms with van der Waals surface area (Å²) < 4.78 is 10.4. The van der Waals surface area contributed by atoms with E-state index < -0.39 is 17.5 Å². The lowest BCUT2D eigenvalue weighted by Gasteiger charge is -2.34. The topological polar surface area (TPSA) is 52.6 Å². The number of hydrogen-bond donors (Lipinski definition) is 0. The zero-order valence-electron chi connectivity index (χ0n) is 12.0. The van der Waals surface area contributed by atoms with Crippen LogP contribution in [0.3, 0.4) is 0 Å². The Morgan fingerprint density at radius 1 is 1.29 bits per heavy atom. The molecular weight excluding hydrogens is 268 g/mol. The van der Waals surface area contributed by atoms with Crippen LogP contribution in [0.5, 0.6) is 0 Å². The predicted octanol–water partition coefficient (Wildman–Crippen LogP) is 3.05. The SMILES string of the molecule is C=CC1=CCCCC1(OC(=O)c1ccccc1)C(=O)OC. The van der Waals surface area contributed by atoms with Crippen molar-refractivity contribution in [2.24, 2.45) is 0 Å². The Balaban J connectivity index is 2.36. The van der Waals surface area contributed by atoms with Gasteiger partial charge in [-0.25, -0.2) is 9.59 Å². The molecule has 0 saturated heterocycles. The molecule has 1 atom stereocenters. The Kier molecular flexibility index (Phi) is 4.58. The lowest BCUT2D eigenvalue weighted by Crippen LogP contribution is -2.46. The Bertz CT molecular complexity index is 574. The van der Waals surface area contributed by atoms with Gasteiger partial charge in [0.25, 0.3) is 0 Å². The molecule has 0 N–H and O–H groups in total. The molecule has 0 bridgehead atoms. The Morgan fingerprint density at radius 3 is 2.62 bits per heavy atom. The summed E-state index contributed by atoms with van der Waals surface area (Å²) in [6.45, 7) is 3.71. The summed E-state index contributed by atoms with van der Waals surface area (Å²) >= 11 is 0. The van der Waals surface area contributed by atoms with Crippen LogP contribution in [0.15, 0.2) is 54.6 Å². The van der Waals surface area contributed by atoms with Crippen LogP contribution in [0.2, 0.25) is 0 Å². The summed E-state index contributed by atoms with van der Waals surface area (Å²) in [4.78, 5) is 24.5. The smallest absolute Gasteiger partial charge is 0.355 e. The van der Waals surface area contributed by atoms with Gasteiger partial charge in [-0.05, 0) is 25.0 Å². The minimum Gasteiger partial charge on any atom is -0.466 e. The third kappa shape index (κ3) is 2.89. The van der Waals surface area contributed by atoms with Crippen molar-refractivity contribution in [3.05, 3.63) is 60.2 Å². The number of benzene rings is 1. The molecule has 1 unspecified atom stereocenters. The highest BCUT2D eigenvalue weighted by molar-refractivity contribution is 5.94. The third-order valence-corrected chi connectivity index (χ3v) is 3.57. The summed E-state index contributed by atoms with van der Waals surface area (Å²) in [5.41, 5.74) is -0.401. The molecule has 0 spiro atoms. The van der Waals surface area contributed by atoms with Crippen LogP contribution in [0.1, 0.15) is 29.6 Å². The van der Waals surface area contributed by atoms with Crippen molar-refractivity contribution in [1.29, 1.82) is 0 Å². The zero-order chi connectivity index (χ0) is 15.3. The maximum atomic E-state index is 12.3. The van der Waals surface area contributed by atoms with Crippen molar-refractivity contribution in [3.63, 3.8) is 0 Å². The highest BCUT2D eigenvalue weighted by atomic mass is 16.6. The fourth-order valence-electron chi connectivity index (χ4n) is 2.49. The van der Waals surface area contributed by atoms with E-state index in [1.807, 2.05) is 12.1 Å². The number of allylic oxidation sites excluding steroid dienone is 1. The van der Waals surface area contributed by atoms with E-state index in [2.05, 4.69) is 6.58 Å². The molecule has 0 aromatic heterocycles.